The molecule has 1 amide bonds. The van der Waals surface area contributed by atoms with Crippen molar-refractivity contribution in [3.05, 3.63) is 29.3 Å². The molecule has 3 atom stereocenters. The first-order valence-electron chi connectivity index (χ1n) is 6.62. The maximum atomic E-state index is 12.2. The van der Waals surface area contributed by atoms with Crippen LogP contribution in [0.3, 0.4) is 0 Å². The van der Waals surface area contributed by atoms with Crippen LogP contribution >= 0.6 is 11.3 Å². The normalized spacial score (nSPS) is 26.0. The van der Waals surface area contributed by atoms with Crippen LogP contribution in [0.1, 0.15) is 22.6 Å². The Labute approximate surface area is 120 Å². The Morgan fingerprint density at radius 3 is 2.90 bits per heavy atom. The molecule has 1 aliphatic rings. The summed E-state index contributed by atoms with van der Waals surface area (Å²) < 4.78 is 0.984. The van der Waals surface area contributed by atoms with Crippen LogP contribution in [0.4, 0.5) is 0 Å². The van der Waals surface area contributed by atoms with E-state index in [4.69, 9.17) is 5.11 Å². The van der Waals surface area contributed by atoms with Crippen molar-refractivity contribution >= 4 is 27.5 Å². The van der Waals surface area contributed by atoms with E-state index in [1.165, 1.54) is 11.3 Å². The summed E-state index contributed by atoms with van der Waals surface area (Å²) in [5.74, 6) is -0.349. The van der Waals surface area contributed by atoms with E-state index in [9.17, 15) is 9.90 Å². The highest BCUT2D eigenvalue weighted by Crippen LogP contribution is 2.27. The lowest BCUT2D eigenvalue weighted by Crippen LogP contribution is -2.33. The minimum atomic E-state index is -0.541. The summed E-state index contributed by atoms with van der Waals surface area (Å²) >= 11 is 1.36. The maximum Gasteiger partial charge on any atom is 0.280 e. The number of nitrogens with one attached hydrogen (secondary N) is 1. The number of carbonyl (C=O) groups excluding carboxylic acids is 1. The number of thiazole rings is 1. The monoisotopic (exact) mass is 292 g/mol. The van der Waals surface area contributed by atoms with Crippen LogP contribution in [0.15, 0.2) is 24.3 Å². The van der Waals surface area contributed by atoms with Gasteiger partial charge < -0.3 is 15.5 Å². The molecular weight excluding hydrogens is 276 g/mol. The van der Waals surface area contributed by atoms with Gasteiger partial charge in [0, 0.05) is 18.6 Å². The van der Waals surface area contributed by atoms with Crippen molar-refractivity contribution in [2.75, 3.05) is 6.61 Å². The number of nitrogens with zero attached hydrogens (tertiary/aromatic N) is 1. The van der Waals surface area contributed by atoms with Gasteiger partial charge >= 0.3 is 0 Å². The first kappa shape index (κ1) is 13.5. The molecule has 1 fully saturated rings. The van der Waals surface area contributed by atoms with Gasteiger partial charge in [0.1, 0.15) is 0 Å². The van der Waals surface area contributed by atoms with E-state index in [1.54, 1.807) is 0 Å². The number of aromatic nitrogens is 1. The van der Waals surface area contributed by atoms with E-state index >= 15 is 0 Å². The van der Waals surface area contributed by atoms with Crippen LogP contribution in [0.25, 0.3) is 10.2 Å². The van der Waals surface area contributed by atoms with Gasteiger partial charge in [-0.3, -0.25) is 4.79 Å². The molecule has 0 radical (unpaired) electrons. The van der Waals surface area contributed by atoms with Crippen molar-refractivity contribution in [3.63, 3.8) is 0 Å². The highest BCUT2D eigenvalue weighted by Gasteiger charge is 2.33. The molecule has 0 bridgehead atoms. The SMILES string of the molecule is O=C(N[C@H]1C[C@H](CO)[C@H](O)C1)c1nc2ccccc2s1. The summed E-state index contributed by atoms with van der Waals surface area (Å²) in [7, 11) is 0. The van der Waals surface area contributed by atoms with E-state index < -0.39 is 6.10 Å². The molecule has 5 nitrogen and oxygen atoms in total. The molecule has 106 valence electrons. The Kier molecular flexibility index (Phi) is 3.69. The summed E-state index contributed by atoms with van der Waals surface area (Å²) in [5, 5.41) is 22.2. The van der Waals surface area contributed by atoms with Crippen molar-refractivity contribution in [1.82, 2.24) is 10.3 Å². The topological polar surface area (TPSA) is 82.5 Å². The van der Waals surface area contributed by atoms with E-state index in [1.807, 2.05) is 24.3 Å². The average Bonchev–Trinajstić information content (AvgIpc) is 3.01. The Hall–Kier alpha value is -1.50. The number of para-hydroxylation sites is 1. The standard InChI is InChI=1S/C14H16N2O3S/c17-7-8-5-9(6-11(8)18)15-13(19)14-16-10-3-1-2-4-12(10)20-14/h1-4,8-9,11,17-18H,5-7H2,(H,15,19)/t8-,9+,11-/m1/s1. The van der Waals surface area contributed by atoms with E-state index in [-0.39, 0.29) is 24.5 Å². The lowest BCUT2D eigenvalue weighted by molar-refractivity contribution is 0.0903. The zero-order valence-electron chi connectivity index (χ0n) is 10.8. The highest BCUT2D eigenvalue weighted by atomic mass is 32.1. The van der Waals surface area contributed by atoms with Gasteiger partial charge in [0.2, 0.25) is 0 Å². The molecule has 3 N–H and O–H groups in total. The summed E-state index contributed by atoms with van der Waals surface area (Å²) in [6, 6.07) is 7.53. The quantitative estimate of drug-likeness (QED) is 0.793. The van der Waals surface area contributed by atoms with Gasteiger partial charge in [-0.05, 0) is 25.0 Å². The summed E-state index contributed by atoms with van der Waals surface area (Å²) in [5.41, 5.74) is 0.822. The smallest absolute Gasteiger partial charge is 0.280 e. The van der Waals surface area contributed by atoms with Crippen LogP contribution in [0.2, 0.25) is 0 Å². The van der Waals surface area contributed by atoms with Gasteiger partial charge in [-0.2, -0.15) is 0 Å². The zero-order chi connectivity index (χ0) is 14.1. The molecule has 1 heterocycles. The predicted molar refractivity (Wildman–Crippen MR) is 76.7 cm³/mol. The number of aliphatic hydroxyl groups excluding tert-OH is 2. The number of fused-ring (bicyclic) bond motifs is 1. The third-order valence-electron chi connectivity index (χ3n) is 3.72. The van der Waals surface area contributed by atoms with E-state index in [0.29, 0.717) is 17.8 Å². The number of benzene rings is 1. The second-order valence-corrected chi connectivity index (χ2v) is 6.17. The van der Waals surface area contributed by atoms with Gasteiger partial charge in [-0.15, -0.1) is 11.3 Å². The molecular formula is C14H16N2O3S. The van der Waals surface area contributed by atoms with Crippen LogP contribution in [-0.4, -0.2) is 39.9 Å². The minimum Gasteiger partial charge on any atom is -0.396 e. The molecule has 3 rings (SSSR count). The summed E-state index contributed by atoms with van der Waals surface area (Å²) in [6.07, 6.45) is 0.552. The first-order valence-corrected chi connectivity index (χ1v) is 7.44. The zero-order valence-corrected chi connectivity index (χ0v) is 11.6. The molecule has 2 aromatic rings. The predicted octanol–water partition coefficient (Wildman–Crippen LogP) is 1.16. The molecule has 1 saturated carbocycles. The van der Waals surface area contributed by atoms with Crippen molar-refractivity contribution in [3.8, 4) is 0 Å². The molecule has 6 heteroatoms. The van der Waals surface area contributed by atoms with E-state index in [2.05, 4.69) is 10.3 Å². The Balaban J connectivity index is 1.70. The molecule has 1 aliphatic carbocycles. The van der Waals surface area contributed by atoms with Crippen molar-refractivity contribution in [2.45, 2.75) is 25.0 Å². The number of amides is 1. The first-order chi connectivity index (χ1) is 9.67. The number of carbonyl (C=O) groups is 1. The highest BCUT2D eigenvalue weighted by molar-refractivity contribution is 7.20. The van der Waals surface area contributed by atoms with Crippen LogP contribution < -0.4 is 5.32 Å². The maximum absolute atomic E-state index is 12.2. The number of hydrogen-bond acceptors (Lipinski definition) is 5. The number of rotatable bonds is 3. The van der Waals surface area contributed by atoms with Crippen LogP contribution in [0.5, 0.6) is 0 Å². The van der Waals surface area contributed by atoms with Gasteiger partial charge in [0.25, 0.3) is 5.91 Å². The molecule has 1 aromatic carbocycles. The second kappa shape index (κ2) is 5.47. The Morgan fingerprint density at radius 2 is 2.20 bits per heavy atom. The average molecular weight is 292 g/mol. The van der Waals surface area contributed by atoms with Gasteiger partial charge in [-0.25, -0.2) is 4.98 Å². The summed E-state index contributed by atoms with van der Waals surface area (Å²) in [6.45, 7) is -0.0469. The number of hydrogen-bond donors (Lipinski definition) is 3. The van der Waals surface area contributed by atoms with Crippen molar-refractivity contribution in [1.29, 1.82) is 0 Å². The van der Waals surface area contributed by atoms with Crippen LogP contribution in [-0.2, 0) is 0 Å². The third kappa shape index (κ3) is 2.54. The lowest BCUT2D eigenvalue weighted by Gasteiger charge is -2.10. The Morgan fingerprint density at radius 1 is 1.40 bits per heavy atom. The molecule has 0 saturated heterocycles. The third-order valence-corrected chi connectivity index (χ3v) is 4.75. The molecule has 0 aliphatic heterocycles. The van der Waals surface area contributed by atoms with Gasteiger partial charge in [0.05, 0.1) is 16.3 Å². The molecule has 1 aromatic heterocycles. The van der Waals surface area contributed by atoms with Crippen LogP contribution in [0, 0.1) is 5.92 Å². The fourth-order valence-corrected chi connectivity index (χ4v) is 3.50. The van der Waals surface area contributed by atoms with Crippen molar-refractivity contribution in [2.24, 2.45) is 5.92 Å². The fourth-order valence-electron chi connectivity index (χ4n) is 2.63. The lowest BCUT2D eigenvalue weighted by atomic mass is 10.1. The molecule has 0 unspecified atom stereocenters. The second-order valence-electron chi connectivity index (χ2n) is 5.14. The van der Waals surface area contributed by atoms with E-state index in [0.717, 1.165) is 10.2 Å². The number of aliphatic hydroxyl groups is 2. The van der Waals surface area contributed by atoms with Gasteiger partial charge in [0.15, 0.2) is 5.01 Å². The largest absolute Gasteiger partial charge is 0.396 e. The molecule has 0 spiro atoms. The fraction of sp³-hybridized carbons (Fsp3) is 0.429. The van der Waals surface area contributed by atoms with Gasteiger partial charge in [-0.1, -0.05) is 12.1 Å². The minimum absolute atomic E-state index is 0.0469. The summed E-state index contributed by atoms with van der Waals surface area (Å²) in [4.78, 5) is 16.5. The van der Waals surface area contributed by atoms with Crippen molar-refractivity contribution < 1.29 is 15.0 Å². The molecule has 20 heavy (non-hydrogen) atoms. The Bertz CT molecular complexity index is 595.